The second-order valence-corrected chi connectivity index (χ2v) is 9.43. The molecule has 3 fully saturated rings. The van der Waals surface area contributed by atoms with E-state index >= 15 is 0 Å². The van der Waals surface area contributed by atoms with Gasteiger partial charge in [-0.2, -0.15) is 0 Å². The molecule has 30 heavy (non-hydrogen) atoms. The highest BCUT2D eigenvalue weighted by atomic mass is 16.6. The van der Waals surface area contributed by atoms with Crippen molar-refractivity contribution in [3.63, 3.8) is 0 Å². The van der Waals surface area contributed by atoms with E-state index in [0.717, 1.165) is 54.9 Å². The minimum Gasteiger partial charge on any atom is -0.493 e. The number of ether oxygens (including phenoxy) is 2. The zero-order valence-corrected chi connectivity index (χ0v) is 17.6. The van der Waals surface area contributed by atoms with Crippen molar-refractivity contribution in [3.8, 4) is 16.9 Å². The van der Waals surface area contributed by atoms with Crippen LogP contribution >= 0.6 is 0 Å². The third-order valence-electron chi connectivity index (χ3n) is 6.82. The number of rotatable bonds is 3. The summed E-state index contributed by atoms with van der Waals surface area (Å²) in [6.07, 6.45) is 5.54. The molecule has 1 N–H and O–H groups in total. The monoisotopic (exact) mass is 407 g/mol. The lowest BCUT2D eigenvalue weighted by Gasteiger charge is -2.44. The molecule has 0 saturated carbocycles. The average Bonchev–Trinajstić information content (AvgIpc) is 2.77. The maximum absolute atomic E-state index is 12.8. The number of hydrogen-bond acceptors (Lipinski definition) is 5. The van der Waals surface area contributed by atoms with Gasteiger partial charge in [-0.05, 0) is 49.5 Å². The smallest absolute Gasteiger partial charge is 0.407 e. The number of nitrogens with one attached hydrogen (secondary N) is 1. The van der Waals surface area contributed by atoms with E-state index in [1.165, 1.54) is 0 Å². The Morgan fingerprint density at radius 1 is 1.23 bits per heavy atom. The Morgan fingerprint density at radius 2 is 2.07 bits per heavy atom. The van der Waals surface area contributed by atoms with Gasteiger partial charge < -0.3 is 14.8 Å². The van der Waals surface area contributed by atoms with Crippen LogP contribution in [-0.2, 0) is 4.74 Å². The highest BCUT2D eigenvalue weighted by molar-refractivity contribution is 5.70. The van der Waals surface area contributed by atoms with Crippen LogP contribution in [-0.4, -0.2) is 48.3 Å². The number of fused-ring (bicyclic) bond motifs is 4. The van der Waals surface area contributed by atoms with Crippen molar-refractivity contribution >= 4 is 6.09 Å². The highest BCUT2D eigenvalue weighted by Gasteiger charge is 2.41. The van der Waals surface area contributed by atoms with Gasteiger partial charge in [-0.25, -0.2) is 4.79 Å². The molecule has 4 aliphatic heterocycles. The molecule has 1 aromatic heterocycles. The topological polar surface area (TPSA) is 63.7 Å². The molecule has 2 bridgehead atoms. The fourth-order valence-corrected chi connectivity index (χ4v) is 4.99. The van der Waals surface area contributed by atoms with Gasteiger partial charge in [0, 0.05) is 35.5 Å². The van der Waals surface area contributed by atoms with E-state index in [1.54, 1.807) is 6.20 Å². The fraction of sp³-hybridized carbons (Fsp3) is 0.500. The summed E-state index contributed by atoms with van der Waals surface area (Å²) in [4.78, 5) is 19.4. The first kappa shape index (κ1) is 19.4. The van der Waals surface area contributed by atoms with Gasteiger partial charge in [-0.1, -0.05) is 32.0 Å². The molecular weight excluding hydrogens is 378 g/mol. The van der Waals surface area contributed by atoms with Crippen molar-refractivity contribution in [1.29, 1.82) is 0 Å². The summed E-state index contributed by atoms with van der Waals surface area (Å²) in [5.41, 5.74) is 2.84. The van der Waals surface area contributed by atoms with Crippen LogP contribution in [0.2, 0.25) is 0 Å². The van der Waals surface area contributed by atoms with E-state index in [9.17, 15) is 4.79 Å². The molecule has 6 heteroatoms. The number of pyridine rings is 1. The number of benzene rings is 1. The zero-order chi connectivity index (χ0) is 20.7. The molecular formula is C24H29N3O3. The normalized spacial score (nSPS) is 28.9. The Kier molecular flexibility index (Phi) is 4.89. The molecule has 0 aliphatic carbocycles. The molecule has 158 valence electrons. The van der Waals surface area contributed by atoms with E-state index in [1.807, 2.05) is 24.4 Å². The van der Waals surface area contributed by atoms with Gasteiger partial charge in [0.15, 0.2) is 0 Å². The molecule has 6 rings (SSSR count). The Balaban J connectivity index is 1.35. The predicted octanol–water partition coefficient (Wildman–Crippen LogP) is 4.03. The average molecular weight is 408 g/mol. The van der Waals surface area contributed by atoms with Gasteiger partial charge in [-0.15, -0.1) is 0 Å². The lowest BCUT2D eigenvalue weighted by atomic mass is 9.78. The van der Waals surface area contributed by atoms with Gasteiger partial charge in [0.25, 0.3) is 0 Å². The van der Waals surface area contributed by atoms with Crippen LogP contribution in [0.5, 0.6) is 5.75 Å². The molecule has 2 aromatic rings. The van der Waals surface area contributed by atoms with Crippen LogP contribution in [0.4, 0.5) is 4.79 Å². The van der Waals surface area contributed by atoms with E-state index in [4.69, 9.17) is 9.47 Å². The second kappa shape index (κ2) is 7.58. The van der Waals surface area contributed by atoms with Gasteiger partial charge in [0.2, 0.25) is 0 Å². The summed E-state index contributed by atoms with van der Waals surface area (Å²) in [7, 11) is 0. The zero-order valence-electron chi connectivity index (χ0n) is 17.6. The Hall–Kier alpha value is -2.60. The number of piperidine rings is 3. The SMILES string of the molecule is CC1(C)COc2cc(-c3cccnc3)ccc2C1NC(=O)O[C@H]1CN2CCC1CC2. The first-order chi connectivity index (χ1) is 14.5. The minimum atomic E-state index is -0.323. The Labute approximate surface area is 177 Å². The lowest BCUT2D eigenvalue weighted by Crippen LogP contribution is -2.53. The third kappa shape index (κ3) is 3.65. The number of carbonyl (C=O) groups excluding carboxylic acids is 1. The quantitative estimate of drug-likeness (QED) is 0.832. The molecule has 4 aliphatic rings. The minimum absolute atomic E-state index is 0.00267. The van der Waals surface area contributed by atoms with Gasteiger partial charge in [0.05, 0.1) is 12.6 Å². The summed E-state index contributed by atoms with van der Waals surface area (Å²) in [5, 5.41) is 3.16. The maximum atomic E-state index is 12.8. The van der Waals surface area contributed by atoms with Crippen molar-refractivity contribution in [2.45, 2.75) is 38.8 Å². The standard InChI is InChI=1S/C24H29N3O3/c1-24(2)15-29-20-12-17(18-4-3-9-25-13-18)5-6-19(20)22(24)26-23(28)30-21-14-27-10-7-16(21)8-11-27/h3-6,9,12-13,16,21-22H,7-8,10-11,14-15H2,1-2H3,(H,26,28)/t21-,22?/m0/s1. The van der Waals surface area contributed by atoms with E-state index in [-0.39, 0.29) is 23.7 Å². The number of hydrogen-bond donors (Lipinski definition) is 1. The summed E-state index contributed by atoms with van der Waals surface area (Å²) < 4.78 is 12.0. The van der Waals surface area contributed by atoms with Crippen LogP contribution in [0.3, 0.4) is 0 Å². The molecule has 1 unspecified atom stereocenters. The van der Waals surface area contributed by atoms with Crippen molar-refractivity contribution in [2.75, 3.05) is 26.2 Å². The van der Waals surface area contributed by atoms with E-state index in [2.05, 4.69) is 41.2 Å². The summed E-state index contributed by atoms with van der Waals surface area (Å²) >= 11 is 0. The molecule has 6 nitrogen and oxygen atoms in total. The molecule has 1 aromatic carbocycles. The Bertz CT molecular complexity index is 923. The summed E-state index contributed by atoms with van der Waals surface area (Å²) in [6.45, 7) is 7.88. The number of amides is 1. The second-order valence-electron chi connectivity index (χ2n) is 9.43. The van der Waals surface area contributed by atoms with Crippen LogP contribution in [0.25, 0.3) is 11.1 Å². The van der Waals surface area contributed by atoms with Crippen molar-refractivity contribution in [3.05, 3.63) is 48.3 Å². The summed E-state index contributed by atoms with van der Waals surface area (Å²) in [6, 6.07) is 9.94. The first-order valence-corrected chi connectivity index (χ1v) is 10.9. The van der Waals surface area contributed by atoms with Crippen molar-refractivity contribution in [1.82, 2.24) is 15.2 Å². The Morgan fingerprint density at radius 3 is 2.77 bits per heavy atom. The largest absolute Gasteiger partial charge is 0.493 e. The van der Waals surface area contributed by atoms with Gasteiger partial charge in [0.1, 0.15) is 11.9 Å². The molecule has 0 radical (unpaired) electrons. The van der Waals surface area contributed by atoms with Crippen LogP contribution in [0.15, 0.2) is 42.7 Å². The van der Waals surface area contributed by atoms with Gasteiger partial charge in [-0.3, -0.25) is 9.88 Å². The molecule has 5 heterocycles. The van der Waals surface area contributed by atoms with E-state index < -0.39 is 0 Å². The number of nitrogens with zero attached hydrogens (tertiary/aromatic N) is 2. The maximum Gasteiger partial charge on any atom is 0.407 e. The van der Waals surface area contributed by atoms with Crippen LogP contribution in [0.1, 0.15) is 38.3 Å². The molecule has 3 saturated heterocycles. The lowest BCUT2D eigenvalue weighted by molar-refractivity contribution is -0.0361. The third-order valence-corrected chi connectivity index (χ3v) is 6.82. The van der Waals surface area contributed by atoms with Crippen LogP contribution < -0.4 is 10.1 Å². The predicted molar refractivity (Wildman–Crippen MR) is 114 cm³/mol. The fourth-order valence-electron chi connectivity index (χ4n) is 4.99. The van der Waals surface area contributed by atoms with E-state index in [0.29, 0.717) is 12.5 Å². The van der Waals surface area contributed by atoms with Crippen molar-refractivity contribution in [2.24, 2.45) is 11.3 Å². The molecule has 0 spiro atoms. The van der Waals surface area contributed by atoms with Crippen LogP contribution in [0, 0.1) is 11.3 Å². The number of alkyl carbamates (subject to hydrolysis) is 1. The molecule has 1 amide bonds. The molecule has 2 atom stereocenters. The highest BCUT2D eigenvalue weighted by Crippen LogP contribution is 2.44. The van der Waals surface area contributed by atoms with Crippen molar-refractivity contribution < 1.29 is 14.3 Å². The number of carbonyl (C=O) groups is 1. The van der Waals surface area contributed by atoms with Gasteiger partial charge >= 0.3 is 6.09 Å². The number of aromatic nitrogens is 1. The summed E-state index contributed by atoms with van der Waals surface area (Å²) in [5.74, 6) is 1.31. The first-order valence-electron chi connectivity index (χ1n) is 10.9.